The maximum atomic E-state index is 12.2. The van der Waals surface area contributed by atoms with Crippen LogP contribution < -0.4 is 5.32 Å². The van der Waals surface area contributed by atoms with Crippen molar-refractivity contribution in [1.82, 2.24) is 10.2 Å². The second-order valence-corrected chi connectivity index (χ2v) is 5.20. The zero-order valence-electron chi connectivity index (χ0n) is 9.49. The van der Waals surface area contributed by atoms with Crippen LogP contribution in [-0.2, 0) is 0 Å². The van der Waals surface area contributed by atoms with Gasteiger partial charge in [0.1, 0.15) is 0 Å². The number of fused-ring (bicyclic) bond motifs is 1. The van der Waals surface area contributed by atoms with Gasteiger partial charge in [0.25, 0.3) is 5.91 Å². The zero-order chi connectivity index (χ0) is 11.8. The van der Waals surface area contributed by atoms with Gasteiger partial charge in [-0.2, -0.15) is 0 Å². The number of carbonyl (C=O) groups excluding carboxylic acids is 1. The van der Waals surface area contributed by atoms with Crippen LogP contribution in [0.2, 0.25) is 5.22 Å². The molecule has 2 atom stereocenters. The van der Waals surface area contributed by atoms with Crippen molar-refractivity contribution in [2.75, 3.05) is 26.2 Å². The normalized spacial score (nSPS) is 28.2. The van der Waals surface area contributed by atoms with Crippen LogP contribution in [-0.4, -0.2) is 37.0 Å². The highest BCUT2D eigenvalue weighted by atomic mass is 35.5. The van der Waals surface area contributed by atoms with Crippen molar-refractivity contribution in [3.05, 3.63) is 23.1 Å². The summed E-state index contributed by atoms with van der Waals surface area (Å²) in [6.45, 7) is 3.77. The first-order valence-corrected chi connectivity index (χ1v) is 6.37. The molecule has 5 heteroatoms. The van der Waals surface area contributed by atoms with Crippen molar-refractivity contribution in [3.63, 3.8) is 0 Å². The third kappa shape index (κ3) is 2.07. The second kappa shape index (κ2) is 4.35. The van der Waals surface area contributed by atoms with Crippen molar-refractivity contribution < 1.29 is 9.21 Å². The van der Waals surface area contributed by atoms with E-state index in [1.165, 1.54) is 0 Å². The minimum absolute atomic E-state index is 0.0358. The standard InChI is InChI=1S/C12H15ClN2O2/c13-11-2-1-10(17-11)12(16)15-6-8-3-4-14-5-9(8)7-15/h1-2,8-9,14H,3-7H2. The molecule has 0 saturated carbocycles. The van der Waals surface area contributed by atoms with Crippen molar-refractivity contribution in [3.8, 4) is 0 Å². The number of hydrogen-bond acceptors (Lipinski definition) is 3. The number of piperidine rings is 1. The van der Waals surface area contributed by atoms with E-state index in [4.69, 9.17) is 16.0 Å². The number of rotatable bonds is 1. The molecular formula is C12H15ClN2O2. The van der Waals surface area contributed by atoms with Gasteiger partial charge in [0.05, 0.1) is 0 Å². The SMILES string of the molecule is O=C(c1ccc(Cl)o1)N1CC2CCNCC2C1. The van der Waals surface area contributed by atoms with Gasteiger partial charge in [-0.15, -0.1) is 0 Å². The molecule has 2 fully saturated rings. The molecular weight excluding hydrogens is 240 g/mol. The summed E-state index contributed by atoms with van der Waals surface area (Å²) in [5.74, 6) is 1.55. The predicted molar refractivity (Wildman–Crippen MR) is 64.1 cm³/mol. The van der Waals surface area contributed by atoms with Crippen LogP contribution in [0.5, 0.6) is 0 Å². The molecule has 0 bridgehead atoms. The van der Waals surface area contributed by atoms with Gasteiger partial charge in [0.15, 0.2) is 11.0 Å². The van der Waals surface area contributed by atoms with Gasteiger partial charge in [-0.25, -0.2) is 0 Å². The summed E-state index contributed by atoms with van der Waals surface area (Å²) in [7, 11) is 0. The lowest BCUT2D eigenvalue weighted by Gasteiger charge is -2.23. The number of likely N-dealkylation sites (tertiary alicyclic amines) is 1. The van der Waals surface area contributed by atoms with Gasteiger partial charge in [-0.1, -0.05) is 0 Å². The topological polar surface area (TPSA) is 45.5 Å². The first kappa shape index (κ1) is 11.1. The lowest BCUT2D eigenvalue weighted by Crippen LogP contribution is -2.35. The van der Waals surface area contributed by atoms with Crippen LogP contribution in [0.25, 0.3) is 0 Å². The van der Waals surface area contributed by atoms with Gasteiger partial charge >= 0.3 is 0 Å². The molecule has 0 aromatic carbocycles. The maximum Gasteiger partial charge on any atom is 0.289 e. The third-order valence-electron chi connectivity index (χ3n) is 3.75. The molecule has 0 aliphatic carbocycles. The number of nitrogens with zero attached hydrogens (tertiary/aromatic N) is 1. The Labute approximate surface area is 105 Å². The number of halogens is 1. The second-order valence-electron chi connectivity index (χ2n) is 4.83. The summed E-state index contributed by atoms with van der Waals surface area (Å²) in [6, 6.07) is 3.25. The Bertz CT molecular complexity index is 418. The maximum absolute atomic E-state index is 12.2. The van der Waals surface area contributed by atoms with E-state index in [9.17, 15) is 4.79 Å². The predicted octanol–water partition coefficient (Wildman–Crippen LogP) is 1.61. The Kier molecular flexibility index (Phi) is 2.84. The Morgan fingerprint density at radius 2 is 2.24 bits per heavy atom. The van der Waals surface area contributed by atoms with Crippen molar-refractivity contribution in [2.24, 2.45) is 11.8 Å². The van der Waals surface area contributed by atoms with Crippen LogP contribution in [0.15, 0.2) is 16.5 Å². The van der Waals surface area contributed by atoms with E-state index in [1.807, 2.05) is 4.90 Å². The lowest BCUT2D eigenvalue weighted by atomic mass is 9.90. The molecule has 3 heterocycles. The van der Waals surface area contributed by atoms with E-state index in [0.29, 0.717) is 17.6 Å². The van der Waals surface area contributed by atoms with Crippen LogP contribution >= 0.6 is 11.6 Å². The molecule has 92 valence electrons. The third-order valence-corrected chi connectivity index (χ3v) is 3.95. The number of nitrogens with one attached hydrogen (secondary N) is 1. The summed E-state index contributed by atoms with van der Waals surface area (Å²) in [4.78, 5) is 14.0. The molecule has 0 radical (unpaired) electrons. The fraction of sp³-hybridized carbons (Fsp3) is 0.583. The molecule has 0 spiro atoms. The first-order valence-electron chi connectivity index (χ1n) is 5.99. The average molecular weight is 255 g/mol. The number of furan rings is 1. The highest BCUT2D eigenvalue weighted by Gasteiger charge is 2.37. The summed E-state index contributed by atoms with van der Waals surface area (Å²) in [6.07, 6.45) is 1.16. The number of carbonyl (C=O) groups is 1. The molecule has 1 aromatic heterocycles. The minimum atomic E-state index is -0.0358. The quantitative estimate of drug-likeness (QED) is 0.828. The molecule has 2 aliphatic rings. The zero-order valence-corrected chi connectivity index (χ0v) is 10.2. The first-order chi connectivity index (χ1) is 8.24. The highest BCUT2D eigenvalue weighted by Crippen LogP contribution is 2.29. The van der Waals surface area contributed by atoms with Crippen molar-refractivity contribution in [1.29, 1.82) is 0 Å². The summed E-state index contributed by atoms with van der Waals surface area (Å²) >= 11 is 5.69. The molecule has 1 N–H and O–H groups in total. The van der Waals surface area contributed by atoms with E-state index in [-0.39, 0.29) is 11.1 Å². The van der Waals surface area contributed by atoms with E-state index in [1.54, 1.807) is 12.1 Å². The monoisotopic (exact) mass is 254 g/mol. The lowest BCUT2D eigenvalue weighted by molar-refractivity contribution is 0.0753. The number of amides is 1. The summed E-state index contributed by atoms with van der Waals surface area (Å²) < 4.78 is 5.17. The largest absolute Gasteiger partial charge is 0.440 e. The van der Waals surface area contributed by atoms with Crippen LogP contribution in [0.3, 0.4) is 0 Å². The minimum Gasteiger partial charge on any atom is -0.440 e. The van der Waals surface area contributed by atoms with Gasteiger partial charge < -0.3 is 14.6 Å². The van der Waals surface area contributed by atoms with Gasteiger partial charge in [0, 0.05) is 13.1 Å². The van der Waals surface area contributed by atoms with E-state index < -0.39 is 0 Å². The smallest absolute Gasteiger partial charge is 0.289 e. The van der Waals surface area contributed by atoms with E-state index >= 15 is 0 Å². The van der Waals surface area contributed by atoms with Crippen LogP contribution in [0, 0.1) is 11.8 Å². The molecule has 2 unspecified atom stereocenters. The van der Waals surface area contributed by atoms with E-state index in [0.717, 1.165) is 32.6 Å². The van der Waals surface area contributed by atoms with Crippen LogP contribution in [0.1, 0.15) is 17.0 Å². The Morgan fingerprint density at radius 1 is 1.41 bits per heavy atom. The van der Waals surface area contributed by atoms with E-state index in [2.05, 4.69) is 5.32 Å². The van der Waals surface area contributed by atoms with Gasteiger partial charge in [-0.05, 0) is 55.1 Å². The fourth-order valence-electron chi connectivity index (χ4n) is 2.82. The van der Waals surface area contributed by atoms with Crippen molar-refractivity contribution >= 4 is 17.5 Å². The highest BCUT2D eigenvalue weighted by molar-refractivity contribution is 6.29. The molecule has 4 nitrogen and oxygen atoms in total. The summed E-state index contributed by atoms with van der Waals surface area (Å²) in [5, 5.41) is 3.65. The molecule has 1 aromatic rings. The Hall–Kier alpha value is -1.00. The van der Waals surface area contributed by atoms with Crippen LogP contribution in [0.4, 0.5) is 0 Å². The summed E-state index contributed by atoms with van der Waals surface area (Å²) in [5.41, 5.74) is 0. The molecule has 2 aliphatic heterocycles. The average Bonchev–Trinajstić information content (AvgIpc) is 2.93. The molecule has 1 amide bonds. The molecule has 2 saturated heterocycles. The Morgan fingerprint density at radius 3 is 2.94 bits per heavy atom. The Balaban J connectivity index is 1.71. The molecule has 3 rings (SSSR count). The van der Waals surface area contributed by atoms with Crippen molar-refractivity contribution in [2.45, 2.75) is 6.42 Å². The van der Waals surface area contributed by atoms with Gasteiger partial charge in [0.2, 0.25) is 0 Å². The van der Waals surface area contributed by atoms with Gasteiger partial charge in [-0.3, -0.25) is 4.79 Å². The fourth-order valence-corrected chi connectivity index (χ4v) is 2.97. The number of hydrogen-bond donors (Lipinski definition) is 1. The molecule has 17 heavy (non-hydrogen) atoms.